The van der Waals surface area contributed by atoms with Crippen LogP contribution in [-0.2, 0) is 14.3 Å². The third kappa shape index (κ3) is 7.34. The molecule has 0 radical (unpaired) electrons. The molecule has 12 nitrogen and oxygen atoms in total. The Morgan fingerprint density at radius 2 is 1.48 bits per heavy atom. The van der Waals surface area contributed by atoms with E-state index in [0.29, 0.717) is 18.9 Å². The second-order valence-corrected chi connectivity index (χ2v) is 17.6. The number of carbonyl (C=O) groups excluding carboxylic acids is 3. The topological polar surface area (TPSA) is 148 Å². The number of imidazole rings is 2. The van der Waals surface area contributed by atoms with E-state index in [1.807, 2.05) is 32.1 Å². The minimum absolute atomic E-state index is 0.0618. The smallest absolute Gasteiger partial charge is 0.407 e. The van der Waals surface area contributed by atoms with Crippen molar-refractivity contribution in [3.63, 3.8) is 0 Å². The molecule has 3 atom stereocenters. The molecule has 14 heteroatoms. The van der Waals surface area contributed by atoms with E-state index in [-0.39, 0.29) is 29.8 Å². The van der Waals surface area contributed by atoms with Crippen molar-refractivity contribution in [2.24, 2.45) is 5.92 Å². The molecular formula is C46H46N8O4S2. The molecule has 0 saturated carbocycles. The molecule has 2 aliphatic rings. The van der Waals surface area contributed by atoms with Crippen molar-refractivity contribution in [1.29, 1.82) is 0 Å². The third-order valence-corrected chi connectivity index (χ3v) is 13.7. The van der Waals surface area contributed by atoms with Crippen LogP contribution in [0.4, 0.5) is 4.79 Å². The van der Waals surface area contributed by atoms with Crippen molar-refractivity contribution in [3.05, 3.63) is 108 Å². The van der Waals surface area contributed by atoms with E-state index in [9.17, 15) is 14.4 Å². The summed E-state index contributed by atoms with van der Waals surface area (Å²) in [6.07, 6.45) is 5.33. The third-order valence-electron chi connectivity index (χ3n) is 11.6. The van der Waals surface area contributed by atoms with Crippen LogP contribution < -0.4 is 10.6 Å². The van der Waals surface area contributed by atoms with Crippen molar-refractivity contribution in [1.82, 2.24) is 40.4 Å². The standard InChI is InChI=1S/C46H46N8O4S2/c1-25(2)40(52-46(57)58-5)45(56)54-19-7-9-39(54)44-49-35-17-15-31(21-37(35)51-44)33-24-60-41-32(23-59-42(33)41)29-12-10-28(11-13-29)30-14-16-34-36(20-30)50-43(48-34)38-8-6-18-53(38)26(3)22-47-27(4)55/h7,9-17,20-21,23-25,38-40H,3,6,8,18-19,22H2,1-2,4-5H3,(H,47,55)(H,48,50)(H,49,51)(H,52,57). The second kappa shape index (κ2) is 16.1. The number of aromatic amines is 2. The fourth-order valence-electron chi connectivity index (χ4n) is 8.39. The highest BCUT2D eigenvalue weighted by molar-refractivity contribution is 7.27. The van der Waals surface area contributed by atoms with E-state index in [2.05, 4.69) is 97.4 Å². The SMILES string of the molecule is C=C(CNC(C)=O)N1CCCC1c1nc2ccc(-c3ccc(-c4csc5c(-c6ccc7nc(C8C=CCN8C(=O)C(NC(=O)OC)C(C)C)[nH]c7c6)csc45)cc3)cc2[nH]1. The van der Waals surface area contributed by atoms with Crippen LogP contribution in [0.25, 0.3) is 64.8 Å². The lowest BCUT2D eigenvalue weighted by molar-refractivity contribution is -0.135. The van der Waals surface area contributed by atoms with Crippen LogP contribution >= 0.6 is 22.7 Å². The van der Waals surface area contributed by atoms with Gasteiger partial charge in [0, 0.05) is 47.6 Å². The van der Waals surface area contributed by atoms with Gasteiger partial charge < -0.3 is 35.1 Å². The van der Waals surface area contributed by atoms with E-state index in [4.69, 9.17) is 14.7 Å². The van der Waals surface area contributed by atoms with Crippen LogP contribution in [0.2, 0.25) is 0 Å². The van der Waals surface area contributed by atoms with Crippen LogP contribution in [0.5, 0.6) is 0 Å². The molecule has 4 aromatic heterocycles. The van der Waals surface area contributed by atoms with Gasteiger partial charge in [-0.05, 0) is 65.3 Å². The summed E-state index contributed by atoms with van der Waals surface area (Å²) in [5, 5.41) is 10.0. The number of aromatic nitrogens is 4. The number of methoxy groups -OCH3 is 1. The molecule has 3 aromatic carbocycles. The number of H-pyrrole nitrogens is 2. The first kappa shape index (κ1) is 39.2. The lowest BCUT2D eigenvalue weighted by Crippen LogP contribution is -2.51. The Balaban J connectivity index is 0.917. The maximum atomic E-state index is 13.7. The van der Waals surface area contributed by atoms with Gasteiger partial charge in [0.25, 0.3) is 0 Å². The van der Waals surface area contributed by atoms with Crippen LogP contribution in [0.15, 0.2) is 95.9 Å². The van der Waals surface area contributed by atoms with Crippen molar-refractivity contribution in [3.8, 4) is 33.4 Å². The van der Waals surface area contributed by atoms with Gasteiger partial charge in [-0.1, -0.05) is 69.0 Å². The normalized spacial score (nSPS) is 17.0. The molecule has 1 fully saturated rings. The first-order chi connectivity index (χ1) is 29.1. The van der Waals surface area contributed by atoms with Gasteiger partial charge in [-0.3, -0.25) is 9.59 Å². The largest absolute Gasteiger partial charge is 0.453 e. The van der Waals surface area contributed by atoms with Crippen LogP contribution in [0.1, 0.15) is 57.3 Å². The molecule has 306 valence electrons. The van der Waals surface area contributed by atoms with Crippen molar-refractivity contribution in [2.75, 3.05) is 26.7 Å². The number of benzene rings is 3. The molecular weight excluding hydrogens is 793 g/mol. The van der Waals surface area contributed by atoms with Gasteiger partial charge in [-0.25, -0.2) is 14.8 Å². The molecule has 0 spiro atoms. The highest BCUT2D eigenvalue weighted by Crippen LogP contribution is 2.45. The van der Waals surface area contributed by atoms with Crippen LogP contribution in [-0.4, -0.2) is 80.4 Å². The summed E-state index contributed by atoms with van der Waals surface area (Å²) in [4.78, 5) is 58.1. The number of thiophene rings is 2. The van der Waals surface area contributed by atoms with E-state index in [1.165, 1.54) is 40.1 Å². The summed E-state index contributed by atoms with van der Waals surface area (Å²) in [6, 6.07) is 20.4. The Kier molecular flexibility index (Phi) is 10.5. The van der Waals surface area contributed by atoms with Gasteiger partial charge in [-0.2, -0.15) is 0 Å². The zero-order valence-electron chi connectivity index (χ0n) is 33.9. The summed E-state index contributed by atoms with van der Waals surface area (Å²) in [5.41, 5.74) is 11.5. The molecule has 7 aromatic rings. The Morgan fingerprint density at radius 3 is 2.17 bits per heavy atom. The zero-order chi connectivity index (χ0) is 41.7. The first-order valence-electron chi connectivity index (χ1n) is 20.2. The van der Waals surface area contributed by atoms with Crippen molar-refractivity contribution >= 4 is 72.0 Å². The number of likely N-dealkylation sites (tertiary alicyclic amines) is 1. The summed E-state index contributed by atoms with van der Waals surface area (Å²) in [6.45, 7) is 11.3. The monoisotopic (exact) mass is 838 g/mol. The average Bonchev–Trinajstić information content (AvgIpc) is 4.11. The predicted octanol–water partition coefficient (Wildman–Crippen LogP) is 9.32. The molecule has 9 rings (SSSR count). The molecule has 3 amide bonds. The van der Waals surface area contributed by atoms with Crippen LogP contribution in [0, 0.1) is 5.92 Å². The highest BCUT2D eigenvalue weighted by atomic mass is 32.1. The Bertz CT molecular complexity index is 2810. The predicted molar refractivity (Wildman–Crippen MR) is 240 cm³/mol. The summed E-state index contributed by atoms with van der Waals surface area (Å²) < 4.78 is 7.28. The highest BCUT2D eigenvalue weighted by Gasteiger charge is 2.35. The minimum atomic E-state index is -0.720. The van der Waals surface area contributed by atoms with Gasteiger partial charge in [0.05, 0.1) is 51.2 Å². The van der Waals surface area contributed by atoms with E-state index >= 15 is 0 Å². The number of nitrogens with zero attached hydrogens (tertiary/aromatic N) is 4. The number of hydrogen-bond acceptors (Lipinski definition) is 9. The fourth-order valence-corrected chi connectivity index (χ4v) is 10.8. The summed E-state index contributed by atoms with van der Waals surface area (Å²) >= 11 is 3.51. The number of carbonyl (C=O) groups is 3. The minimum Gasteiger partial charge on any atom is -0.453 e. The summed E-state index contributed by atoms with van der Waals surface area (Å²) in [7, 11) is 1.29. The van der Waals surface area contributed by atoms with Gasteiger partial charge in [0.15, 0.2) is 0 Å². The molecule has 4 N–H and O–H groups in total. The van der Waals surface area contributed by atoms with Gasteiger partial charge in [0.2, 0.25) is 11.8 Å². The number of amides is 3. The molecule has 3 unspecified atom stereocenters. The quantitative estimate of drug-likeness (QED) is 0.0950. The van der Waals surface area contributed by atoms with E-state index < -0.39 is 12.1 Å². The maximum absolute atomic E-state index is 13.7. The van der Waals surface area contributed by atoms with Crippen molar-refractivity contribution < 1.29 is 19.1 Å². The molecule has 6 heterocycles. The van der Waals surface area contributed by atoms with E-state index in [0.717, 1.165) is 69.7 Å². The summed E-state index contributed by atoms with van der Waals surface area (Å²) in [5.74, 6) is 1.23. The lowest BCUT2D eigenvalue weighted by Gasteiger charge is -2.29. The molecule has 1 saturated heterocycles. The molecule has 60 heavy (non-hydrogen) atoms. The lowest BCUT2D eigenvalue weighted by atomic mass is 10.0. The fraction of sp³-hybridized carbons (Fsp3) is 0.283. The maximum Gasteiger partial charge on any atom is 0.407 e. The number of fused-ring (bicyclic) bond motifs is 3. The molecule has 2 aliphatic heterocycles. The Labute approximate surface area is 355 Å². The number of nitrogens with one attached hydrogen (secondary N) is 4. The van der Waals surface area contributed by atoms with E-state index in [1.54, 1.807) is 27.6 Å². The second-order valence-electron chi connectivity index (χ2n) is 15.8. The first-order valence-corrected chi connectivity index (χ1v) is 21.9. The zero-order valence-corrected chi connectivity index (χ0v) is 35.5. The van der Waals surface area contributed by atoms with Gasteiger partial charge in [0.1, 0.15) is 23.7 Å². The number of ether oxygens (including phenoxy) is 1. The number of hydrogen-bond donors (Lipinski definition) is 4. The Morgan fingerprint density at radius 1 is 0.867 bits per heavy atom. The molecule has 0 bridgehead atoms. The molecule has 0 aliphatic carbocycles. The van der Waals surface area contributed by atoms with Crippen LogP contribution in [0.3, 0.4) is 0 Å². The van der Waals surface area contributed by atoms with Gasteiger partial charge in [-0.15, -0.1) is 22.7 Å². The Hall–Kier alpha value is -6.25. The van der Waals surface area contributed by atoms with Gasteiger partial charge >= 0.3 is 6.09 Å². The average molecular weight is 839 g/mol. The van der Waals surface area contributed by atoms with Crippen molar-refractivity contribution in [2.45, 2.75) is 51.7 Å². The number of alkyl carbamates (subject to hydrolysis) is 1. The number of rotatable bonds is 11.